The van der Waals surface area contributed by atoms with Gasteiger partial charge in [0.25, 0.3) is 0 Å². The second-order valence-corrected chi connectivity index (χ2v) is 7.20. The number of carbonyl (C=O) groups excluding carboxylic acids is 1. The van der Waals surface area contributed by atoms with E-state index in [-0.39, 0.29) is 11.3 Å². The Morgan fingerprint density at radius 1 is 1.11 bits per heavy atom. The minimum absolute atomic E-state index is 0.0775. The van der Waals surface area contributed by atoms with Crippen LogP contribution in [0.5, 0.6) is 0 Å². The van der Waals surface area contributed by atoms with Crippen molar-refractivity contribution in [2.75, 3.05) is 5.32 Å². The zero-order valence-corrected chi connectivity index (χ0v) is 16.4. The predicted molar refractivity (Wildman–Crippen MR) is 106 cm³/mol. The van der Waals surface area contributed by atoms with E-state index in [4.69, 9.17) is 5.11 Å². The van der Waals surface area contributed by atoms with Gasteiger partial charge in [-0.25, -0.2) is 14.8 Å². The maximum atomic E-state index is 10.9. The maximum Gasteiger partial charge on any atom is 0.405 e. The first kappa shape index (κ1) is 21.3. The molecule has 2 aromatic heterocycles. The maximum absolute atomic E-state index is 10.9. The molecular formula is C19H28N6O3. The third-order valence-corrected chi connectivity index (χ3v) is 4.43. The molecule has 4 N–H and O–H groups in total. The lowest BCUT2D eigenvalue weighted by atomic mass is 10.3. The highest BCUT2D eigenvalue weighted by molar-refractivity contribution is 5.91. The van der Waals surface area contributed by atoms with Crippen LogP contribution in [0.2, 0.25) is 0 Å². The molecule has 152 valence electrons. The highest BCUT2D eigenvalue weighted by Gasteiger charge is 2.38. The zero-order chi connectivity index (χ0) is 20.4. The molecule has 2 aliphatic rings. The number of amides is 1. The van der Waals surface area contributed by atoms with Gasteiger partial charge in [-0.3, -0.25) is 9.89 Å². The van der Waals surface area contributed by atoms with Gasteiger partial charge in [-0.05, 0) is 19.8 Å². The molecule has 0 radical (unpaired) electrons. The normalized spacial score (nSPS) is 15.9. The number of nitrogens with zero attached hydrogens (tertiary/aromatic N) is 3. The minimum atomic E-state index is -0.912. The third kappa shape index (κ3) is 8.15. The average Bonchev–Trinajstić information content (AvgIpc) is 3.10. The molecule has 4 rings (SSSR count). The summed E-state index contributed by atoms with van der Waals surface area (Å²) in [4.78, 5) is 28.9. The Bertz CT molecular complexity index is 730. The van der Waals surface area contributed by atoms with Crippen LogP contribution in [0, 0.1) is 0 Å². The average molecular weight is 388 g/mol. The largest absolute Gasteiger partial charge is 0.465 e. The number of aromatic nitrogens is 4. The first-order valence-corrected chi connectivity index (χ1v) is 9.48. The molecule has 0 bridgehead atoms. The Hall–Kier alpha value is -2.97. The fraction of sp³-hybridized carbons (Fsp3) is 0.526. The number of carbonyl (C=O) groups is 2. The van der Waals surface area contributed by atoms with Crippen molar-refractivity contribution in [1.82, 2.24) is 25.5 Å². The van der Waals surface area contributed by atoms with Gasteiger partial charge in [-0.2, -0.15) is 5.10 Å². The second kappa shape index (κ2) is 10.4. The summed E-state index contributed by atoms with van der Waals surface area (Å²) < 4.78 is 0. The SMILES string of the molecule is C1CCCC1.CC(=O)c1cnc(Nc2ccn[nH]2)cn1.CC1(NC(=O)O)CC1. The van der Waals surface area contributed by atoms with E-state index in [1.165, 1.54) is 51.4 Å². The van der Waals surface area contributed by atoms with Gasteiger partial charge in [-0.15, -0.1) is 0 Å². The van der Waals surface area contributed by atoms with E-state index in [0.29, 0.717) is 11.5 Å². The molecule has 28 heavy (non-hydrogen) atoms. The summed E-state index contributed by atoms with van der Waals surface area (Å²) in [5.41, 5.74) is 0.274. The molecule has 2 fully saturated rings. The van der Waals surface area contributed by atoms with Gasteiger partial charge in [0.15, 0.2) is 5.78 Å². The Balaban J connectivity index is 0.000000179. The molecule has 2 aromatic rings. The highest BCUT2D eigenvalue weighted by Crippen LogP contribution is 2.33. The summed E-state index contributed by atoms with van der Waals surface area (Å²) in [6.07, 6.45) is 13.1. The molecule has 9 nitrogen and oxygen atoms in total. The van der Waals surface area contributed by atoms with Gasteiger partial charge >= 0.3 is 6.09 Å². The van der Waals surface area contributed by atoms with E-state index >= 15 is 0 Å². The minimum Gasteiger partial charge on any atom is -0.465 e. The molecule has 0 atom stereocenters. The fourth-order valence-electron chi connectivity index (χ4n) is 2.49. The van der Waals surface area contributed by atoms with Crippen molar-refractivity contribution in [2.45, 2.75) is 64.3 Å². The number of Topliss-reactive ketones (excluding diaryl/α,β-unsaturated/α-hetero) is 1. The van der Waals surface area contributed by atoms with Crippen molar-refractivity contribution in [3.8, 4) is 0 Å². The van der Waals surface area contributed by atoms with Crippen LogP contribution in [0.4, 0.5) is 16.4 Å². The molecule has 0 unspecified atom stereocenters. The topological polar surface area (TPSA) is 133 Å². The molecule has 1 amide bonds. The predicted octanol–water partition coefficient (Wildman–Crippen LogP) is 3.90. The summed E-state index contributed by atoms with van der Waals surface area (Å²) in [6.45, 7) is 3.35. The molecule has 9 heteroatoms. The molecule has 0 spiro atoms. The Morgan fingerprint density at radius 3 is 2.11 bits per heavy atom. The van der Waals surface area contributed by atoms with Crippen LogP contribution < -0.4 is 10.6 Å². The van der Waals surface area contributed by atoms with Gasteiger partial charge in [0.2, 0.25) is 0 Å². The van der Waals surface area contributed by atoms with E-state index < -0.39 is 6.09 Å². The van der Waals surface area contributed by atoms with Gasteiger partial charge < -0.3 is 15.7 Å². The number of nitrogens with one attached hydrogen (secondary N) is 3. The molecule has 2 aliphatic carbocycles. The van der Waals surface area contributed by atoms with Gasteiger partial charge in [0.1, 0.15) is 17.3 Å². The van der Waals surface area contributed by atoms with Crippen molar-refractivity contribution < 1.29 is 14.7 Å². The van der Waals surface area contributed by atoms with Crippen molar-refractivity contribution in [3.05, 3.63) is 30.4 Å². The van der Waals surface area contributed by atoms with Crippen LogP contribution >= 0.6 is 0 Å². The lowest BCUT2D eigenvalue weighted by Crippen LogP contribution is -2.32. The third-order valence-electron chi connectivity index (χ3n) is 4.43. The summed E-state index contributed by atoms with van der Waals surface area (Å²) in [7, 11) is 0. The second-order valence-electron chi connectivity index (χ2n) is 7.20. The lowest BCUT2D eigenvalue weighted by Gasteiger charge is -2.04. The molecule has 0 aromatic carbocycles. The van der Waals surface area contributed by atoms with E-state index in [2.05, 4.69) is 30.8 Å². The molecule has 0 saturated heterocycles. The number of hydrogen-bond donors (Lipinski definition) is 4. The van der Waals surface area contributed by atoms with Gasteiger partial charge in [-0.1, -0.05) is 32.1 Å². The smallest absolute Gasteiger partial charge is 0.405 e. The first-order chi connectivity index (χ1) is 13.4. The van der Waals surface area contributed by atoms with Crippen LogP contribution in [-0.2, 0) is 0 Å². The van der Waals surface area contributed by atoms with Crippen LogP contribution in [0.1, 0.15) is 69.3 Å². The molecule has 2 saturated carbocycles. The van der Waals surface area contributed by atoms with Crippen LogP contribution in [0.15, 0.2) is 24.7 Å². The van der Waals surface area contributed by atoms with E-state index in [1.54, 1.807) is 12.3 Å². The van der Waals surface area contributed by atoms with Crippen LogP contribution in [-0.4, -0.2) is 42.7 Å². The molecular weight excluding hydrogens is 360 g/mol. The fourth-order valence-corrected chi connectivity index (χ4v) is 2.49. The highest BCUT2D eigenvalue weighted by atomic mass is 16.4. The number of rotatable bonds is 4. The standard InChI is InChI=1S/C9H9N5O.C5H9NO2.C5H10/c1-6(15)7-4-11-9(5-10-7)13-8-2-3-12-14-8;1-5(2-3-5)6-4(7)8;1-2-4-5-3-1/h2-5H,1H3,(H2,11,12,13,14);6H,2-3H2,1H3,(H,7,8);1-5H2. The quantitative estimate of drug-likeness (QED) is 0.584. The van der Waals surface area contributed by atoms with E-state index in [1.807, 2.05) is 6.92 Å². The number of hydrogen-bond acceptors (Lipinski definition) is 6. The number of aromatic amines is 1. The lowest BCUT2D eigenvalue weighted by molar-refractivity contribution is 0.101. The first-order valence-electron chi connectivity index (χ1n) is 9.48. The van der Waals surface area contributed by atoms with Gasteiger partial charge in [0.05, 0.1) is 18.6 Å². The number of anilines is 2. The number of H-pyrrole nitrogens is 1. The molecule has 0 aliphatic heterocycles. The van der Waals surface area contributed by atoms with E-state index in [0.717, 1.165) is 18.7 Å². The Kier molecular flexibility index (Phi) is 7.91. The molecule has 2 heterocycles. The van der Waals surface area contributed by atoms with Crippen molar-refractivity contribution in [3.63, 3.8) is 0 Å². The summed E-state index contributed by atoms with van der Waals surface area (Å²) in [6, 6.07) is 1.76. The summed E-state index contributed by atoms with van der Waals surface area (Å²) in [5.74, 6) is 1.18. The summed E-state index contributed by atoms with van der Waals surface area (Å²) >= 11 is 0. The Morgan fingerprint density at radius 2 is 1.75 bits per heavy atom. The summed E-state index contributed by atoms with van der Waals surface area (Å²) in [5, 5.41) is 20.0. The van der Waals surface area contributed by atoms with Crippen LogP contribution in [0.25, 0.3) is 0 Å². The van der Waals surface area contributed by atoms with E-state index in [9.17, 15) is 9.59 Å². The number of ketones is 1. The van der Waals surface area contributed by atoms with Crippen LogP contribution in [0.3, 0.4) is 0 Å². The Labute approximate surface area is 164 Å². The number of carboxylic acid groups (broad SMARTS) is 1. The van der Waals surface area contributed by atoms with Crippen molar-refractivity contribution in [1.29, 1.82) is 0 Å². The van der Waals surface area contributed by atoms with Crippen molar-refractivity contribution in [2.24, 2.45) is 0 Å². The monoisotopic (exact) mass is 388 g/mol. The van der Waals surface area contributed by atoms with Gasteiger partial charge in [0, 0.05) is 18.5 Å². The van der Waals surface area contributed by atoms with Crippen molar-refractivity contribution >= 4 is 23.5 Å². The zero-order valence-electron chi connectivity index (χ0n) is 16.4.